The second-order valence-electron chi connectivity index (χ2n) is 5.22. The Hall–Kier alpha value is -1.49. The van der Waals surface area contributed by atoms with Crippen molar-refractivity contribution in [3.63, 3.8) is 0 Å². The van der Waals surface area contributed by atoms with Gasteiger partial charge in [0.25, 0.3) is 5.91 Å². The number of amides is 1. The Labute approximate surface area is 124 Å². The van der Waals surface area contributed by atoms with Gasteiger partial charge in [0, 0.05) is 15.7 Å². The topological polar surface area (TPSA) is 66.4 Å². The number of aliphatic carboxylic acids is 1. The molecule has 4 nitrogen and oxygen atoms in total. The Kier molecular flexibility index (Phi) is 6.07. The minimum absolute atomic E-state index is 0.160. The first-order valence-corrected chi connectivity index (χ1v) is 7.49. The highest BCUT2D eigenvalue weighted by molar-refractivity contribution is 7.99. The number of hydrogen-bond donors (Lipinski definition) is 2. The van der Waals surface area contributed by atoms with Gasteiger partial charge in [-0.15, -0.1) is 11.8 Å². The van der Waals surface area contributed by atoms with Crippen LogP contribution in [0.4, 0.5) is 0 Å². The standard InChI is InChI=1S/C15H21NO3S/c1-9(2)13(15(18)19)16-14(17)11-5-7-12(8-6-11)20-10(3)4/h5-10,13H,1-4H3,(H,16,17)(H,18,19)/t13-/m1/s1. The molecule has 1 aromatic carbocycles. The van der Waals surface area contributed by atoms with E-state index in [-0.39, 0.29) is 11.8 Å². The fourth-order valence-electron chi connectivity index (χ4n) is 1.70. The van der Waals surface area contributed by atoms with Gasteiger partial charge in [-0.25, -0.2) is 4.79 Å². The Morgan fingerprint density at radius 3 is 2.05 bits per heavy atom. The summed E-state index contributed by atoms with van der Waals surface area (Å²) in [6.45, 7) is 7.74. The Balaban J connectivity index is 2.74. The van der Waals surface area contributed by atoms with Crippen LogP contribution < -0.4 is 5.32 Å². The number of carbonyl (C=O) groups excluding carboxylic acids is 1. The second-order valence-corrected chi connectivity index (χ2v) is 6.87. The van der Waals surface area contributed by atoms with E-state index in [9.17, 15) is 9.59 Å². The van der Waals surface area contributed by atoms with Crippen molar-refractivity contribution < 1.29 is 14.7 Å². The molecule has 2 N–H and O–H groups in total. The van der Waals surface area contributed by atoms with Crippen LogP contribution in [0.5, 0.6) is 0 Å². The molecule has 0 aliphatic rings. The van der Waals surface area contributed by atoms with Crippen LogP contribution in [0.25, 0.3) is 0 Å². The lowest BCUT2D eigenvalue weighted by Gasteiger charge is -2.18. The highest BCUT2D eigenvalue weighted by Gasteiger charge is 2.23. The van der Waals surface area contributed by atoms with E-state index in [4.69, 9.17) is 5.11 Å². The number of benzene rings is 1. The van der Waals surface area contributed by atoms with Crippen LogP contribution in [0.3, 0.4) is 0 Å². The molecule has 0 unspecified atom stereocenters. The Morgan fingerprint density at radius 1 is 1.10 bits per heavy atom. The molecule has 110 valence electrons. The average Bonchev–Trinajstić information content (AvgIpc) is 2.35. The van der Waals surface area contributed by atoms with E-state index in [1.165, 1.54) is 0 Å². The summed E-state index contributed by atoms with van der Waals surface area (Å²) in [5.41, 5.74) is 0.477. The first-order valence-electron chi connectivity index (χ1n) is 6.61. The zero-order valence-corrected chi connectivity index (χ0v) is 13.0. The first kappa shape index (κ1) is 16.6. The maximum absolute atomic E-state index is 12.0. The van der Waals surface area contributed by atoms with Gasteiger partial charge < -0.3 is 10.4 Å². The molecule has 1 atom stereocenters. The highest BCUT2D eigenvalue weighted by Crippen LogP contribution is 2.22. The quantitative estimate of drug-likeness (QED) is 0.792. The maximum atomic E-state index is 12.0. The average molecular weight is 295 g/mol. The summed E-state index contributed by atoms with van der Waals surface area (Å²) in [5, 5.41) is 12.1. The molecule has 0 aliphatic heterocycles. The molecule has 5 heteroatoms. The summed E-state index contributed by atoms with van der Waals surface area (Å²) in [7, 11) is 0. The van der Waals surface area contributed by atoms with Gasteiger partial charge in [0.05, 0.1) is 0 Å². The maximum Gasteiger partial charge on any atom is 0.326 e. The van der Waals surface area contributed by atoms with E-state index < -0.39 is 12.0 Å². The summed E-state index contributed by atoms with van der Waals surface area (Å²) in [4.78, 5) is 24.2. The molecule has 0 saturated carbocycles. The third-order valence-electron chi connectivity index (χ3n) is 2.71. The fourth-order valence-corrected chi connectivity index (χ4v) is 2.53. The van der Waals surface area contributed by atoms with Crippen LogP contribution in [0.1, 0.15) is 38.1 Å². The summed E-state index contributed by atoms with van der Waals surface area (Å²) in [6, 6.07) is 6.33. The molecule has 0 bridgehead atoms. The van der Waals surface area contributed by atoms with E-state index >= 15 is 0 Å². The number of rotatable bonds is 6. The summed E-state index contributed by atoms with van der Waals surface area (Å²) < 4.78 is 0. The number of nitrogens with one attached hydrogen (secondary N) is 1. The Morgan fingerprint density at radius 2 is 1.65 bits per heavy atom. The fraction of sp³-hybridized carbons (Fsp3) is 0.467. The second kappa shape index (κ2) is 7.33. The van der Waals surface area contributed by atoms with Crippen molar-refractivity contribution in [2.45, 2.75) is 43.9 Å². The van der Waals surface area contributed by atoms with Crippen molar-refractivity contribution in [3.05, 3.63) is 29.8 Å². The molecule has 0 fully saturated rings. The lowest BCUT2D eigenvalue weighted by Crippen LogP contribution is -2.44. The number of carboxylic acids is 1. The predicted molar refractivity (Wildman–Crippen MR) is 81.2 cm³/mol. The predicted octanol–water partition coefficient (Wildman–Crippen LogP) is 3.03. The third kappa shape index (κ3) is 4.89. The molecule has 1 aromatic rings. The van der Waals surface area contributed by atoms with Crippen LogP contribution in [-0.2, 0) is 4.79 Å². The smallest absolute Gasteiger partial charge is 0.326 e. The molecule has 20 heavy (non-hydrogen) atoms. The van der Waals surface area contributed by atoms with Gasteiger partial charge in [-0.2, -0.15) is 0 Å². The lowest BCUT2D eigenvalue weighted by molar-refractivity contribution is -0.140. The van der Waals surface area contributed by atoms with E-state index in [0.717, 1.165) is 4.90 Å². The molecule has 1 rings (SSSR count). The zero-order valence-electron chi connectivity index (χ0n) is 12.2. The van der Waals surface area contributed by atoms with Crippen molar-refractivity contribution in [2.24, 2.45) is 5.92 Å². The minimum Gasteiger partial charge on any atom is -0.480 e. The summed E-state index contributed by atoms with van der Waals surface area (Å²) >= 11 is 1.72. The van der Waals surface area contributed by atoms with E-state index in [1.807, 2.05) is 12.1 Å². The van der Waals surface area contributed by atoms with Gasteiger partial charge in [0.1, 0.15) is 6.04 Å². The van der Waals surface area contributed by atoms with Crippen LogP contribution in [0.15, 0.2) is 29.2 Å². The van der Waals surface area contributed by atoms with E-state index in [1.54, 1.807) is 37.7 Å². The van der Waals surface area contributed by atoms with Gasteiger partial charge >= 0.3 is 5.97 Å². The largest absolute Gasteiger partial charge is 0.480 e. The lowest BCUT2D eigenvalue weighted by atomic mass is 10.0. The van der Waals surface area contributed by atoms with Crippen molar-refractivity contribution in [3.8, 4) is 0 Å². The number of thioether (sulfide) groups is 1. The van der Waals surface area contributed by atoms with Crippen LogP contribution in [0.2, 0.25) is 0 Å². The van der Waals surface area contributed by atoms with E-state index in [0.29, 0.717) is 10.8 Å². The van der Waals surface area contributed by atoms with Gasteiger partial charge in [0.15, 0.2) is 0 Å². The number of carbonyl (C=O) groups is 2. The van der Waals surface area contributed by atoms with Gasteiger partial charge in [-0.05, 0) is 30.2 Å². The zero-order chi connectivity index (χ0) is 15.3. The van der Waals surface area contributed by atoms with Crippen LogP contribution in [0, 0.1) is 5.92 Å². The normalized spacial score (nSPS) is 12.5. The van der Waals surface area contributed by atoms with Crippen molar-refractivity contribution in [1.82, 2.24) is 5.32 Å². The van der Waals surface area contributed by atoms with E-state index in [2.05, 4.69) is 19.2 Å². The molecule has 0 aliphatic carbocycles. The minimum atomic E-state index is -1.01. The summed E-state index contributed by atoms with van der Waals surface area (Å²) in [5.74, 6) is -1.53. The third-order valence-corrected chi connectivity index (χ3v) is 3.72. The number of hydrogen-bond acceptors (Lipinski definition) is 3. The summed E-state index contributed by atoms with van der Waals surface area (Å²) in [6.07, 6.45) is 0. The highest BCUT2D eigenvalue weighted by atomic mass is 32.2. The molecule has 0 radical (unpaired) electrons. The molecule has 0 saturated heterocycles. The Bertz CT molecular complexity index is 469. The molecule has 1 amide bonds. The van der Waals surface area contributed by atoms with Crippen molar-refractivity contribution in [1.29, 1.82) is 0 Å². The van der Waals surface area contributed by atoms with Gasteiger partial charge in [-0.3, -0.25) is 4.79 Å². The molecule has 0 spiro atoms. The molecular formula is C15H21NO3S. The van der Waals surface area contributed by atoms with Gasteiger partial charge in [-0.1, -0.05) is 27.7 Å². The molecule has 0 heterocycles. The first-order chi connectivity index (χ1) is 9.31. The van der Waals surface area contributed by atoms with Crippen molar-refractivity contribution >= 4 is 23.6 Å². The van der Waals surface area contributed by atoms with Crippen LogP contribution in [-0.4, -0.2) is 28.3 Å². The van der Waals surface area contributed by atoms with Crippen LogP contribution >= 0.6 is 11.8 Å². The SMILES string of the molecule is CC(C)Sc1ccc(C(=O)N[C@@H](C(=O)O)C(C)C)cc1. The molecular weight excluding hydrogens is 274 g/mol. The molecule has 0 aromatic heterocycles. The van der Waals surface area contributed by atoms with Crippen molar-refractivity contribution in [2.75, 3.05) is 0 Å². The number of carboxylic acid groups (broad SMARTS) is 1. The van der Waals surface area contributed by atoms with Gasteiger partial charge in [0.2, 0.25) is 0 Å². The monoisotopic (exact) mass is 295 g/mol.